The van der Waals surface area contributed by atoms with Gasteiger partial charge in [0.2, 0.25) is 0 Å². The number of rotatable bonds is 2. The molecule has 2 rings (SSSR count). The van der Waals surface area contributed by atoms with Gasteiger partial charge in [0, 0.05) is 37.8 Å². The molecule has 2 saturated heterocycles. The first-order chi connectivity index (χ1) is 6.72. The van der Waals surface area contributed by atoms with Crippen molar-refractivity contribution in [1.82, 2.24) is 9.80 Å². The quantitative estimate of drug-likeness (QED) is 0.700. The molecule has 14 heavy (non-hydrogen) atoms. The van der Waals surface area contributed by atoms with Gasteiger partial charge >= 0.3 is 0 Å². The summed E-state index contributed by atoms with van der Waals surface area (Å²) >= 11 is 0. The molecule has 0 spiro atoms. The van der Waals surface area contributed by atoms with Gasteiger partial charge in [-0.25, -0.2) is 0 Å². The number of hydrogen-bond donors (Lipinski definition) is 1. The molecule has 0 radical (unpaired) electrons. The molecule has 2 heterocycles. The highest BCUT2D eigenvalue weighted by Crippen LogP contribution is 2.28. The van der Waals surface area contributed by atoms with Crippen molar-refractivity contribution in [3.63, 3.8) is 0 Å². The predicted molar refractivity (Wildman–Crippen MR) is 59.3 cm³/mol. The summed E-state index contributed by atoms with van der Waals surface area (Å²) in [5, 5.41) is 0. The molecule has 0 aliphatic carbocycles. The SMILES string of the molecule is CC(CN)N1CCC2CCC(C1)N2C. The minimum Gasteiger partial charge on any atom is -0.329 e. The molecule has 3 nitrogen and oxygen atoms in total. The van der Waals surface area contributed by atoms with Gasteiger partial charge in [-0.2, -0.15) is 0 Å². The molecule has 0 aromatic carbocycles. The van der Waals surface area contributed by atoms with Crippen LogP contribution in [-0.2, 0) is 0 Å². The lowest BCUT2D eigenvalue weighted by Gasteiger charge is -2.30. The van der Waals surface area contributed by atoms with Crippen LogP contribution >= 0.6 is 0 Å². The van der Waals surface area contributed by atoms with E-state index in [1.54, 1.807) is 0 Å². The second-order valence-corrected chi connectivity index (χ2v) is 4.92. The Labute approximate surface area is 87.2 Å². The van der Waals surface area contributed by atoms with E-state index in [-0.39, 0.29) is 0 Å². The van der Waals surface area contributed by atoms with Crippen LogP contribution in [0, 0.1) is 0 Å². The highest BCUT2D eigenvalue weighted by atomic mass is 15.3. The average molecular weight is 197 g/mol. The lowest BCUT2D eigenvalue weighted by Crippen LogP contribution is -2.43. The summed E-state index contributed by atoms with van der Waals surface area (Å²) in [4.78, 5) is 5.16. The highest BCUT2D eigenvalue weighted by Gasteiger charge is 2.35. The average Bonchev–Trinajstić information content (AvgIpc) is 2.40. The zero-order valence-corrected chi connectivity index (χ0v) is 9.45. The van der Waals surface area contributed by atoms with Crippen molar-refractivity contribution >= 4 is 0 Å². The van der Waals surface area contributed by atoms with Crippen molar-refractivity contribution < 1.29 is 0 Å². The molecular weight excluding hydrogens is 174 g/mol. The molecule has 0 saturated carbocycles. The Morgan fingerprint density at radius 3 is 2.71 bits per heavy atom. The molecular formula is C11H23N3. The molecule has 0 aromatic rings. The van der Waals surface area contributed by atoms with Gasteiger partial charge in [-0.05, 0) is 33.2 Å². The van der Waals surface area contributed by atoms with E-state index in [0.717, 1.165) is 18.6 Å². The van der Waals surface area contributed by atoms with E-state index in [2.05, 4.69) is 23.8 Å². The number of nitrogens with two attached hydrogens (primary N) is 1. The Morgan fingerprint density at radius 2 is 2.00 bits per heavy atom. The molecule has 82 valence electrons. The van der Waals surface area contributed by atoms with E-state index in [1.165, 1.54) is 32.4 Å². The molecule has 3 atom stereocenters. The molecule has 2 N–H and O–H groups in total. The Kier molecular flexibility index (Phi) is 3.10. The van der Waals surface area contributed by atoms with Crippen LogP contribution in [0.4, 0.5) is 0 Å². The lowest BCUT2D eigenvalue weighted by molar-refractivity contribution is 0.184. The molecule has 2 aliphatic rings. The smallest absolute Gasteiger partial charge is 0.0223 e. The topological polar surface area (TPSA) is 32.5 Å². The third kappa shape index (κ3) is 1.81. The van der Waals surface area contributed by atoms with Gasteiger partial charge in [0.05, 0.1) is 0 Å². The summed E-state index contributed by atoms with van der Waals surface area (Å²) in [5.41, 5.74) is 5.73. The van der Waals surface area contributed by atoms with Gasteiger partial charge in [-0.15, -0.1) is 0 Å². The summed E-state index contributed by atoms with van der Waals surface area (Å²) in [6.07, 6.45) is 4.12. The monoisotopic (exact) mass is 197 g/mol. The summed E-state index contributed by atoms with van der Waals surface area (Å²) in [6, 6.07) is 2.19. The summed E-state index contributed by atoms with van der Waals surface area (Å²) < 4.78 is 0. The van der Waals surface area contributed by atoms with Crippen LogP contribution in [0.25, 0.3) is 0 Å². The van der Waals surface area contributed by atoms with Gasteiger partial charge in [0.15, 0.2) is 0 Å². The fourth-order valence-electron chi connectivity index (χ4n) is 2.88. The summed E-state index contributed by atoms with van der Waals surface area (Å²) in [7, 11) is 2.29. The summed E-state index contributed by atoms with van der Waals surface area (Å²) in [6.45, 7) is 5.51. The second-order valence-electron chi connectivity index (χ2n) is 4.92. The van der Waals surface area contributed by atoms with E-state index < -0.39 is 0 Å². The molecule has 3 unspecified atom stereocenters. The van der Waals surface area contributed by atoms with Crippen LogP contribution in [0.5, 0.6) is 0 Å². The zero-order valence-electron chi connectivity index (χ0n) is 9.45. The van der Waals surface area contributed by atoms with Crippen LogP contribution < -0.4 is 5.73 Å². The van der Waals surface area contributed by atoms with Crippen molar-refractivity contribution in [1.29, 1.82) is 0 Å². The largest absolute Gasteiger partial charge is 0.329 e. The lowest BCUT2D eigenvalue weighted by atomic mass is 10.1. The normalized spacial score (nSPS) is 37.1. The maximum atomic E-state index is 5.73. The third-order valence-electron chi connectivity index (χ3n) is 4.14. The molecule has 0 aromatic heterocycles. The number of nitrogens with zero attached hydrogens (tertiary/aromatic N) is 2. The van der Waals surface area contributed by atoms with Gasteiger partial charge in [0.1, 0.15) is 0 Å². The maximum absolute atomic E-state index is 5.73. The third-order valence-corrected chi connectivity index (χ3v) is 4.14. The minimum atomic E-state index is 0.558. The van der Waals surface area contributed by atoms with Gasteiger partial charge < -0.3 is 5.73 Å². The Balaban J connectivity index is 1.99. The maximum Gasteiger partial charge on any atom is 0.0223 e. The highest BCUT2D eigenvalue weighted by molar-refractivity contribution is 4.92. The Hall–Kier alpha value is -0.120. The number of likely N-dealkylation sites (tertiary alicyclic amines) is 1. The van der Waals surface area contributed by atoms with Gasteiger partial charge in [-0.1, -0.05) is 0 Å². The fourth-order valence-corrected chi connectivity index (χ4v) is 2.88. The van der Waals surface area contributed by atoms with E-state index in [0.29, 0.717) is 6.04 Å². The standard InChI is InChI=1S/C11H23N3/c1-9(7-12)14-6-5-10-3-4-11(8-14)13(10)2/h9-11H,3-8,12H2,1-2H3. The molecule has 2 aliphatic heterocycles. The summed E-state index contributed by atoms with van der Waals surface area (Å²) in [5.74, 6) is 0. The Bertz CT molecular complexity index is 195. The molecule has 0 amide bonds. The van der Waals surface area contributed by atoms with E-state index >= 15 is 0 Å². The van der Waals surface area contributed by atoms with Crippen LogP contribution in [-0.4, -0.2) is 54.6 Å². The van der Waals surface area contributed by atoms with Gasteiger partial charge in [0.25, 0.3) is 0 Å². The van der Waals surface area contributed by atoms with E-state index in [1.807, 2.05) is 0 Å². The Morgan fingerprint density at radius 1 is 1.29 bits per heavy atom. The molecule has 3 heteroatoms. The first-order valence-corrected chi connectivity index (χ1v) is 5.88. The number of hydrogen-bond acceptors (Lipinski definition) is 3. The number of fused-ring (bicyclic) bond motifs is 2. The zero-order chi connectivity index (χ0) is 10.1. The number of likely N-dealkylation sites (N-methyl/N-ethyl adjacent to an activating group) is 1. The fraction of sp³-hybridized carbons (Fsp3) is 1.00. The van der Waals surface area contributed by atoms with Crippen molar-refractivity contribution in [3.8, 4) is 0 Å². The van der Waals surface area contributed by atoms with E-state index in [4.69, 9.17) is 5.73 Å². The van der Waals surface area contributed by atoms with Crippen molar-refractivity contribution in [3.05, 3.63) is 0 Å². The van der Waals surface area contributed by atoms with E-state index in [9.17, 15) is 0 Å². The predicted octanol–water partition coefficient (Wildman–Crippen LogP) is 0.502. The van der Waals surface area contributed by atoms with Crippen LogP contribution in [0.1, 0.15) is 26.2 Å². The first kappa shape index (κ1) is 10.4. The van der Waals surface area contributed by atoms with Crippen LogP contribution in [0.2, 0.25) is 0 Å². The molecule has 2 bridgehead atoms. The van der Waals surface area contributed by atoms with Gasteiger partial charge in [-0.3, -0.25) is 9.80 Å². The van der Waals surface area contributed by atoms with Crippen molar-refractivity contribution in [2.45, 2.75) is 44.3 Å². The molecule has 2 fully saturated rings. The minimum absolute atomic E-state index is 0.558. The van der Waals surface area contributed by atoms with Crippen LogP contribution in [0.3, 0.4) is 0 Å². The van der Waals surface area contributed by atoms with Crippen molar-refractivity contribution in [2.24, 2.45) is 5.73 Å². The van der Waals surface area contributed by atoms with Crippen LogP contribution in [0.15, 0.2) is 0 Å². The first-order valence-electron chi connectivity index (χ1n) is 5.88. The van der Waals surface area contributed by atoms with Crippen molar-refractivity contribution in [2.75, 3.05) is 26.7 Å². The second kappa shape index (κ2) is 4.17.